The van der Waals surface area contributed by atoms with Crippen LogP contribution in [0.5, 0.6) is 11.5 Å². The maximum Gasteiger partial charge on any atom is 0.271 e. The molecule has 31 heavy (non-hydrogen) atoms. The molecule has 3 aromatic rings. The Hall–Kier alpha value is -3.62. The van der Waals surface area contributed by atoms with Gasteiger partial charge < -0.3 is 14.8 Å². The van der Waals surface area contributed by atoms with E-state index in [1.165, 1.54) is 12.1 Å². The second kappa shape index (κ2) is 8.63. The summed E-state index contributed by atoms with van der Waals surface area (Å²) in [4.78, 5) is 23.0. The van der Waals surface area contributed by atoms with Gasteiger partial charge in [-0.15, -0.1) is 0 Å². The zero-order valence-electron chi connectivity index (χ0n) is 17.5. The molecule has 2 heterocycles. The second-order valence-electron chi connectivity index (χ2n) is 7.53. The molecule has 1 aromatic heterocycles. The third-order valence-corrected chi connectivity index (χ3v) is 5.24. The lowest BCUT2D eigenvalue weighted by atomic mass is 10.1. The van der Waals surface area contributed by atoms with Gasteiger partial charge in [-0.1, -0.05) is 0 Å². The number of hydrogen-bond donors (Lipinski definition) is 1. The number of ether oxygens (including phenoxy) is 2. The molecule has 0 spiro atoms. The number of hydrogen-bond acceptors (Lipinski definition) is 6. The zero-order valence-corrected chi connectivity index (χ0v) is 17.5. The molecule has 0 saturated carbocycles. The van der Waals surface area contributed by atoms with E-state index in [1.807, 2.05) is 26.0 Å². The molecule has 0 fully saturated rings. The van der Waals surface area contributed by atoms with Crippen LogP contribution in [-0.4, -0.2) is 33.3 Å². The highest BCUT2D eigenvalue weighted by molar-refractivity contribution is 5.81. The van der Waals surface area contributed by atoms with Crippen LogP contribution in [0, 0.1) is 10.1 Å². The van der Waals surface area contributed by atoms with Crippen LogP contribution >= 0.6 is 0 Å². The van der Waals surface area contributed by atoms with Gasteiger partial charge in [-0.3, -0.25) is 19.6 Å². The van der Waals surface area contributed by atoms with Gasteiger partial charge >= 0.3 is 0 Å². The Balaban J connectivity index is 1.40. The van der Waals surface area contributed by atoms with Gasteiger partial charge in [-0.2, -0.15) is 5.10 Å². The predicted octanol–water partition coefficient (Wildman–Crippen LogP) is 3.37. The van der Waals surface area contributed by atoms with Gasteiger partial charge in [0.25, 0.3) is 5.69 Å². The van der Waals surface area contributed by atoms with Crippen molar-refractivity contribution in [1.82, 2.24) is 15.1 Å². The van der Waals surface area contributed by atoms with Gasteiger partial charge in [0, 0.05) is 48.0 Å². The van der Waals surface area contributed by atoms with E-state index in [9.17, 15) is 14.9 Å². The number of aromatic nitrogens is 2. The Kier molecular flexibility index (Phi) is 5.75. The number of non-ortho nitro benzene ring substituents is 1. The van der Waals surface area contributed by atoms with Gasteiger partial charge in [-0.25, -0.2) is 0 Å². The minimum absolute atomic E-state index is 0.00435. The number of fused-ring (bicyclic) bond motifs is 2. The van der Waals surface area contributed by atoms with E-state index < -0.39 is 4.92 Å². The Bertz CT molecular complexity index is 1140. The highest BCUT2D eigenvalue weighted by Gasteiger charge is 2.22. The quantitative estimate of drug-likeness (QED) is 0.439. The van der Waals surface area contributed by atoms with Crippen LogP contribution in [0.15, 0.2) is 36.5 Å². The maximum absolute atomic E-state index is 12.4. The lowest BCUT2D eigenvalue weighted by molar-refractivity contribution is -0.384. The summed E-state index contributed by atoms with van der Waals surface area (Å²) in [5.74, 6) is 1.45. The molecule has 0 aliphatic carbocycles. The van der Waals surface area contributed by atoms with E-state index in [-0.39, 0.29) is 24.1 Å². The van der Waals surface area contributed by atoms with Crippen molar-refractivity contribution >= 4 is 22.5 Å². The van der Waals surface area contributed by atoms with Crippen LogP contribution in [0.25, 0.3) is 10.9 Å². The van der Waals surface area contributed by atoms with Crippen LogP contribution in [0.2, 0.25) is 0 Å². The monoisotopic (exact) mass is 424 g/mol. The standard InChI is InChI=1S/C22H24N4O5/c1-3-30-20-9-16-8-14(2)31-21(16)10-17(20)12-23-22(27)6-7-25-19-11-18(26(28)29)5-4-15(19)13-24-25/h4-5,9-11,13-14H,3,6-8,12H2,1-2H3,(H,23,27). The third-order valence-electron chi connectivity index (χ3n) is 5.24. The molecule has 9 nitrogen and oxygen atoms in total. The average molecular weight is 424 g/mol. The molecule has 0 radical (unpaired) electrons. The van der Waals surface area contributed by atoms with Gasteiger partial charge in [0.05, 0.1) is 29.8 Å². The highest BCUT2D eigenvalue weighted by atomic mass is 16.6. The van der Waals surface area contributed by atoms with Crippen LogP contribution in [0.1, 0.15) is 31.4 Å². The fraction of sp³-hybridized carbons (Fsp3) is 0.364. The third kappa shape index (κ3) is 4.45. The summed E-state index contributed by atoms with van der Waals surface area (Å²) in [5.41, 5.74) is 2.61. The minimum atomic E-state index is -0.444. The first kappa shape index (κ1) is 20.6. The molecule has 1 N–H and O–H groups in total. The summed E-state index contributed by atoms with van der Waals surface area (Å²) < 4.78 is 13.2. The van der Waals surface area contributed by atoms with E-state index in [2.05, 4.69) is 10.4 Å². The van der Waals surface area contributed by atoms with Crippen molar-refractivity contribution in [1.29, 1.82) is 0 Å². The number of nitrogens with one attached hydrogen (secondary N) is 1. The van der Waals surface area contributed by atoms with Crippen molar-refractivity contribution in [3.05, 3.63) is 57.8 Å². The number of nitro benzene ring substituents is 1. The van der Waals surface area contributed by atoms with Crippen molar-refractivity contribution < 1.29 is 19.2 Å². The zero-order chi connectivity index (χ0) is 22.0. The van der Waals surface area contributed by atoms with Crippen LogP contribution in [0.4, 0.5) is 5.69 Å². The predicted molar refractivity (Wildman–Crippen MR) is 114 cm³/mol. The molecule has 9 heteroatoms. The van der Waals surface area contributed by atoms with Crippen LogP contribution in [0.3, 0.4) is 0 Å². The summed E-state index contributed by atoms with van der Waals surface area (Å²) in [6.45, 7) is 5.13. The van der Waals surface area contributed by atoms with Crippen LogP contribution in [-0.2, 0) is 24.3 Å². The number of rotatable bonds is 8. The van der Waals surface area contributed by atoms with Crippen molar-refractivity contribution in [2.45, 2.75) is 45.9 Å². The minimum Gasteiger partial charge on any atom is -0.494 e. The molecule has 4 rings (SSSR count). The molecule has 0 bridgehead atoms. The summed E-state index contributed by atoms with van der Waals surface area (Å²) >= 11 is 0. The molecule has 2 aromatic carbocycles. The SMILES string of the molecule is CCOc1cc2c(cc1CNC(=O)CCn1ncc3ccc([N+](=O)[O-])cc31)OC(C)C2. The number of nitro groups is 1. The van der Waals surface area contributed by atoms with Gasteiger partial charge in [0.15, 0.2) is 0 Å². The Labute approximate surface area is 179 Å². The number of benzene rings is 2. The van der Waals surface area contributed by atoms with Crippen molar-refractivity contribution in [2.24, 2.45) is 0 Å². The number of amides is 1. The Morgan fingerprint density at radius 2 is 2.23 bits per heavy atom. The fourth-order valence-electron chi connectivity index (χ4n) is 3.75. The molecule has 0 saturated heterocycles. The Morgan fingerprint density at radius 3 is 3.00 bits per heavy atom. The largest absolute Gasteiger partial charge is 0.494 e. The van der Waals surface area contributed by atoms with E-state index in [1.54, 1.807) is 16.9 Å². The van der Waals surface area contributed by atoms with Crippen molar-refractivity contribution in [3.8, 4) is 11.5 Å². The second-order valence-corrected chi connectivity index (χ2v) is 7.53. The maximum atomic E-state index is 12.4. The van der Waals surface area contributed by atoms with Crippen LogP contribution < -0.4 is 14.8 Å². The van der Waals surface area contributed by atoms with Gasteiger partial charge in [0.1, 0.15) is 17.6 Å². The molecular formula is C22H24N4O5. The van der Waals surface area contributed by atoms with Crippen molar-refractivity contribution in [3.63, 3.8) is 0 Å². The van der Waals surface area contributed by atoms with E-state index in [0.717, 1.165) is 34.4 Å². The molecule has 1 amide bonds. The molecule has 1 aliphatic heterocycles. The number of carbonyl (C=O) groups is 1. The normalized spacial score (nSPS) is 14.8. The topological polar surface area (TPSA) is 109 Å². The average Bonchev–Trinajstić information content (AvgIpc) is 3.31. The lowest BCUT2D eigenvalue weighted by Gasteiger charge is -2.13. The smallest absolute Gasteiger partial charge is 0.271 e. The summed E-state index contributed by atoms with van der Waals surface area (Å²) in [6.07, 6.45) is 2.81. The van der Waals surface area contributed by atoms with E-state index in [4.69, 9.17) is 9.47 Å². The highest BCUT2D eigenvalue weighted by Crippen LogP contribution is 2.35. The Morgan fingerprint density at radius 1 is 1.39 bits per heavy atom. The molecular weight excluding hydrogens is 400 g/mol. The first-order valence-corrected chi connectivity index (χ1v) is 10.3. The summed E-state index contributed by atoms with van der Waals surface area (Å²) in [6, 6.07) is 8.50. The van der Waals surface area contributed by atoms with E-state index >= 15 is 0 Å². The molecule has 1 atom stereocenters. The first-order valence-electron chi connectivity index (χ1n) is 10.3. The summed E-state index contributed by atoms with van der Waals surface area (Å²) in [5, 5.41) is 19.0. The van der Waals surface area contributed by atoms with Gasteiger partial charge in [0.2, 0.25) is 5.91 Å². The number of nitrogens with zero attached hydrogens (tertiary/aromatic N) is 3. The summed E-state index contributed by atoms with van der Waals surface area (Å²) in [7, 11) is 0. The number of carbonyl (C=O) groups excluding carboxylic acids is 1. The van der Waals surface area contributed by atoms with Crippen molar-refractivity contribution in [2.75, 3.05) is 6.61 Å². The van der Waals surface area contributed by atoms with E-state index in [0.29, 0.717) is 25.2 Å². The number of aryl methyl sites for hydroxylation is 1. The van der Waals surface area contributed by atoms with Gasteiger partial charge in [-0.05, 0) is 32.0 Å². The molecule has 1 aliphatic rings. The molecule has 1 unspecified atom stereocenters. The molecule has 162 valence electrons. The first-order chi connectivity index (χ1) is 14.9. The fourth-order valence-corrected chi connectivity index (χ4v) is 3.75. The lowest BCUT2D eigenvalue weighted by Crippen LogP contribution is -2.24.